The summed E-state index contributed by atoms with van der Waals surface area (Å²) in [4.78, 5) is 6.49. The van der Waals surface area contributed by atoms with Gasteiger partial charge in [0.25, 0.3) is 0 Å². The molecular weight excluding hydrogens is 394 g/mol. The van der Waals surface area contributed by atoms with Crippen LogP contribution in [0, 0.1) is 0 Å². The van der Waals surface area contributed by atoms with Crippen LogP contribution in [0.1, 0.15) is 24.8 Å². The van der Waals surface area contributed by atoms with E-state index in [0.29, 0.717) is 6.54 Å². The molecule has 2 N–H and O–H groups in total. The van der Waals surface area contributed by atoms with E-state index in [1.165, 1.54) is 6.42 Å². The molecule has 26 heavy (non-hydrogen) atoms. The number of hydrogen-bond acceptors (Lipinski definition) is 5. The number of aliphatic hydroxyl groups is 1. The van der Waals surface area contributed by atoms with E-state index >= 15 is 0 Å². The quantitative estimate of drug-likeness (QED) is 0.667. The molecule has 1 aliphatic heterocycles. The Labute approximate surface area is 161 Å². The third-order valence-corrected chi connectivity index (χ3v) is 5.53. The van der Waals surface area contributed by atoms with E-state index in [9.17, 15) is 5.11 Å². The van der Waals surface area contributed by atoms with Crippen molar-refractivity contribution >= 4 is 33.0 Å². The van der Waals surface area contributed by atoms with Gasteiger partial charge in [-0.25, -0.2) is 4.52 Å². The summed E-state index contributed by atoms with van der Waals surface area (Å²) in [6, 6.07) is 8.43. The topological polar surface area (TPSA) is 65.7 Å². The zero-order valence-corrected chi connectivity index (χ0v) is 16.1. The van der Waals surface area contributed by atoms with E-state index in [0.717, 1.165) is 46.4 Å². The van der Waals surface area contributed by atoms with Gasteiger partial charge in [0, 0.05) is 37.2 Å². The zero-order valence-electron chi connectivity index (χ0n) is 14.5. The Morgan fingerprint density at radius 1 is 1.27 bits per heavy atom. The molecule has 4 heterocycles. The number of aromatic nitrogens is 3. The number of nitrogens with zero attached hydrogens (tertiary/aromatic N) is 4. The van der Waals surface area contributed by atoms with Crippen LogP contribution in [-0.4, -0.2) is 38.9 Å². The summed E-state index contributed by atoms with van der Waals surface area (Å²) in [7, 11) is 0. The molecule has 0 aromatic carbocycles. The van der Waals surface area contributed by atoms with Crippen LogP contribution in [0.15, 0.2) is 47.3 Å². The number of rotatable bonds is 5. The SMILES string of the molecule is OCC1CCCCN1c1cc(NCc2cccnc2)n2ncc(Br)c2c1. The average molecular weight is 416 g/mol. The van der Waals surface area contributed by atoms with Crippen molar-refractivity contribution in [1.29, 1.82) is 0 Å². The van der Waals surface area contributed by atoms with Gasteiger partial charge in [0.2, 0.25) is 0 Å². The number of nitrogens with one attached hydrogen (secondary N) is 1. The van der Waals surface area contributed by atoms with Crippen LogP contribution < -0.4 is 10.2 Å². The van der Waals surface area contributed by atoms with E-state index in [1.807, 2.05) is 29.0 Å². The first kappa shape index (κ1) is 17.3. The van der Waals surface area contributed by atoms with Gasteiger partial charge in [0.15, 0.2) is 0 Å². The standard InChI is InChI=1S/C19H22BrN5O/c20-17-12-23-25-18(17)8-16(24-7-2-1-5-15(24)13-26)9-19(25)22-11-14-4-3-6-21-10-14/h3-4,6,8-10,12,15,22,26H,1-2,5,7,11,13H2. The van der Waals surface area contributed by atoms with Gasteiger partial charge in [0.1, 0.15) is 5.82 Å². The molecule has 3 aromatic heterocycles. The third kappa shape index (κ3) is 3.41. The lowest BCUT2D eigenvalue weighted by Gasteiger charge is -2.36. The number of aliphatic hydroxyl groups excluding tert-OH is 1. The van der Waals surface area contributed by atoms with Crippen LogP contribution in [0.5, 0.6) is 0 Å². The van der Waals surface area contributed by atoms with Crippen molar-refractivity contribution in [1.82, 2.24) is 14.6 Å². The van der Waals surface area contributed by atoms with Crippen molar-refractivity contribution < 1.29 is 5.11 Å². The van der Waals surface area contributed by atoms with Crippen LogP contribution >= 0.6 is 15.9 Å². The van der Waals surface area contributed by atoms with Gasteiger partial charge in [-0.2, -0.15) is 5.10 Å². The maximum atomic E-state index is 9.78. The zero-order chi connectivity index (χ0) is 17.9. The molecule has 1 unspecified atom stereocenters. The number of halogens is 1. The van der Waals surface area contributed by atoms with Crippen molar-refractivity contribution in [3.05, 3.63) is 52.9 Å². The molecule has 0 aliphatic carbocycles. The highest BCUT2D eigenvalue weighted by Gasteiger charge is 2.23. The fourth-order valence-electron chi connectivity index (χ4n) is 3.56. The molecule has 1 atom stereocenters. The normalized spacial score (nSPS) is 17.6. The van der Waals surface area contributed by atoms with Gasteiger partial charge >= 0.3 is 0 Å². The maximum Gasteiger partial charge on any atom is 0.130 e. The number of hydrogen-bond donors (Lipinski definition) is 2. The van der Waals surface area contributed by atoms with Crippen LogP contribution in [0.2, 0.25) is 0 Å². The van der Waals surface area contributed by atoms with Crippen LogP contribution in [0.25, 0.3) is 5.52 Å². The van der Waals surface area contributed by atoms with Crippen LogP contribution in [0.4, 0.5) is 11.5 Å². The Bertz CT molecular complexity index is 882. The minimum absolute atomic E-state index is 0.180. The highest BCUT2D eigenvalue weighted by Crippen LogP contribution is 2.31. The van der Waals surface area contributed by atoms with E-state index in [4.69, 9.17) is 0 Å². The lowest BCUT2D eigenvalue weighted by atomic mass is 10.0. The lowest BCUT2D eigenvalue weighted by Crippen LogP contribution is -2.42. The summed E-state index contributed by atoms with van der Waals surface area (Å²) in [5.41, 5.74) is 3.24. The van der Waals surface area contributed by atoms with Crippen molar-refractivity contribution in [2.45, 2.75) is 31.8 Å². The highest BCUT2D eigenvalue weighted by atomic mass is 79.9. The smallest absolute Gasteiger partial charge is 0.130 e. The van der Waals surface area contributed by atoms with Gasteiger partial charge in [-0.1, -0.05) is 6.07 Å². The fourth-order valence-corrected chi connectivity index (χ4v) is 3.93. The Kier molecular flexibility index (Phi) is 5.08. The summed E-state index contributed by atoms with van der Waals surface area (Å²) in [6.45, 7) is 1.83. The Morgan fingerprint density at radius 2 is 2.19 bits per heavy atom. The molecule has 0 spiro atoms. The summed E-state index contributed by atoms with van der Waals surface area (Å²) < 4.78 is 2.86. The Balaban J connectivity index is 1.69. The van der Waals surface area contributed by atoms with Crippen molar-refractivity contribution in [3.63, 3.8) is 0 Å². The second-order valence-corrected chi connectivity index (χ2v) is 7.48. The van der Waals surface area contributed by atoms with Gasteiger partial charge < -0.3 is 15.3 Å². The molecule has 0 bridgehead atoms. The fraction of sp³-hybridized carbons (Fsp3) is 0.368. The molecule has 0 saturated carbocycles. The first-order valence-corrected chi connectivity index (χ1v) is 9.73. The molecule has 6 nitrogen and oxygen atoms in total. The van der Waals surface area contributed by atoms with Gasteiger partial charge in [0.05, 0.1) is 28.8 Å². The number of anilines is 2. The first-order chi connectivity index (χ1) is 12.8. The molecule has 7 heteroatoms. The molecule has 4 rings (SSSR count). The predicted molar refractivity (Wildman–Crippen MR) is 107 cm³/mol. The number of fused-ring (bicyclic) bond motifs is 1. The highest BCUT2D eigenvalue weighted by molar-refractivity contribution is 9.10. The van der Waals surface area contributed by atoms with Crippen LogP contribution in [0.3, 0.4) is 0 Å². The van der Waals surface area contributed by atoms with E-state index in [1.54, 1.807) is 6.20 Å². The summed E-state index contributed by atoms with van der Waals surface area (Å²) in [5, 5.41) is 17.7. The van der Waals surface area contributed by atoms with E-state index < -0.39 is 0 Å². The second-order valence-electron chi connectivity index (χ2n) is 6.63. The minimum atomic E-state index is 0.180. The van der Waals surface area contributed by atoms with Crippen molar-refractivity contribution in [2.24, 2.45) is 0 Å². The van der Waals surface area contributed by atoms with Crippen molar-refractivity contribution in [3.8, 4) is 0 Å². The van der Waals surface area contributed by atoms with Crippen molar-refractivity contribution in [2.75, 3.05) is 23.4 Å². The molecular formula is C19H22BrN5O. The van der Waals surface area contributed by atoms with E-state index in [2.05, 4.69) is 48.4 Å². The molecule has 1 saturated heterocycles. The largest absolute Gasteiger partial charge is 0.394 e. The molecule has 1 fully saturated rings. The third-order valence-electron chi connectivity index (χ3n) is 4.92. The average Bonchev–Trinajstić information content (AvgIpc) is 3.08. The Hall–Kier alpha value is -2.12. The molecule has 136 valence electrons. The molecule has 1 aliphatic rings. The summed E-state index contributed by atoms with van der Waals surface area (Å²) in [5.74, 6) is 0.925. The van der Waals surface area contributed by atoms with Gasteiger partial charge in [-0.05, 0) is 52.9 Å². The summed E-state index contributed by atoms with van der Waals surface area (Å²) in [6.07, 6.45) is 8.81. The maximum absolute atomic E-state index is 9.78. The first-order valence-electron chi connectivity index (χ1n) is 8.94. The predicted octanol–water partition coefficient (Wildman–Crippen LogP) is 3.46. The molecule has 0 amide bonds. The van der Waals surface area contributed by atoms with Crippen LogP contribution in [-0.2, 0) is 6.54 Å². The molecule has 3 aromatic rings. The number of pyridine rings is 2. The van der Waals surface area contributed by atoms with E-state index in [-0.39, 0.29) is 12.6 Å². The number of piperidine rings is 1. The molecule has 0 radical (unpaired) electrons. The van der Waals surface area contributed by atoms with Gasteiger partial charge in [-0.3, -0.25) is 4.98 Å². The Morgan fingerprint density at radius 3 is 3.00 bits per heavy atom. The second kappa shape index (κ2) is 7.63. The lowest BCUT2D eigenvalue weighted by molar-refractivity contribution is 0.240. The summed E-state index contributed by atoms with van der Waals surface area (Å²) >= 11 is 3.60. The van der Waals surface area contributed by atoms with Gasteiger partial charge in [-0.15, -0.1) is 0 Å². The minimum Gasteiger partial charge on any atom is -0.394 e. The monoisotopic (exact) mass is 415 g/mol.